The van der Waals surface area contributed by atoms with Gasteiger partial charge >= 0.3 is 0 Å². The van der Waals surface area contributed by atoms with Crippen molar-refractivity contribution < 1.29 is 4.74 Å². The standard InChI is InChI=1S/C17H20N2OS/c1-4-5-13-6-8-14(9-7-13)20-17-15(16(18)21)11(2)10-12(3)19-17/h6-10H,4-5H2,1-3H3,(H2,18,21). The lowest BCUT2D eigenvalue weighted by Gasteiger charge is -2.13. The lowest BCUT2D eigenvalue weighted by molar-refractivity contribution is 0.460. The molecule has 0 aliphatic rings. The van der Waals surface area contributed by atoms with Gasteiger partial charge in [-0.1, -0.05) is 37.7 Å². The molecule has 2 N–H and O–H groups in total. The molecule has 1 heterocycles. The van der Waals surface area contributed by atoms with Crippen molar-refractivity contribution >= 4 is 17.2 Å². The van der Waals surface area contributed by atoms with Crippen LogP contribution in [0.1, 0.15) is 35.7 Å². The van der Waals surface area contributed by atoms with Crippen LogP contribution in [0.2, 0.25) is 0 Å². The number of nitrogens with two attached hydrogens (primary N) is 1. The number of benzene rings is 1. The number of aromatic nitrogens is 1. The van der Waals surface area contributed by atoms with Crippen molar-refractivity contribution in [1.82, 2.24) is 4.98 Å². The van der Waals surface area contributed by atoms with Gasteiger partial charge in [0.1, 0.15) is 10.7 Å². The van der Waals surface area contributed by atoms with Gasteiger partial charge in [0.15, 0.2) is 0 Å². The van der Waals surface area contributed by atoms with Crippen LogP contribution in [0.15, 0.2) is 30.3 Å². The average Bonchev–Trinajstić information content (AvgIpc) is 2.40. The summed E-state index contributed by atoms with van der Waals surface area (Å²) in [6.45, 7) is 6.05. The molecule has 0 radical (unpaired) electrons. The average molecular weight is 300 g/mol. The third kappa shape index (κ3) is 3.79. The summed E-state index contributed by atoms with van der Waals surface area (Å²) in [5, 5.41) is 0. The highest BCUT2D eigenvalue weighted by Gasteiger charge is 2.13. The van der Waals surface area contributed by atoms with Gasteiger partial charge in [-0.15, -0.1) is 0 Å². The van der Waals surface area contributed by atoms with Gasteiger partial charge in [0.2, 0.25) is 5.88 Å². The van der Waals surface area contributed by atoms with Crippen molar-refractivity contribution in [3.8, 4) is 11.6 Å². The molecule has 0 fully saturated rings. The molecule has 0 saturated carbocycles. The van der Waals surface area contributed by atoms with E-state index in [0.717, 1.165) is 29.8 Å². The summed E-state index contributed by atoms with van der Waals surface area (Å²) in [4.78, 5) is 4.72. The molecule has 0 atom stereocenters. The molecule has 1 aromatic heterocycles. The van der Waals surface area contributed by atoms with E-state index in [1.165, 1.54) is 5.56 Å². The van der Waals surface area contributed by atoms with Gasteiger partial charge < -0.3 is 10.5 Å². The molecule has 1 aromatic carbocycles. The van der Waals surface area contributed by atoms with Gasteiger partial charge in [-0.05, 0) is 49.6 Å². The molecule has 4 heteroatoms. The first-order valence-electron chi connectivity index (χ1n) is 7.06. The van der Waals surface area contributed by atoms with E-state index in [1.54, 1.807) is 0 Å². The fourth-order valence-corrected chi connectivity index (χ4v) is 2.55. The van der Waals surface area contributed by atoms with Crippen LogP contribution in [-0.2, 0) is 6.42 Å². The van der Waals surface area contributed by atoms with Crippen LogP contribution in [-0.4, -0.2) is 9.97 Å². The topological polar surface area (TPSA) is 48.1 Å². The van der Waals surface area contributed by atoms with Gasteiger partial charge in [0.25, 0.3) is 0 Å². The Morgan fingerprint density at radius 3 is 2.48 bits per heavy atom. The second-order valence-electron chi connectivity index (χ2n) is 5.12. The number of pyridine rings is 1. The van der Waals surface area contributed by atoms with Crippen LogP contribution in [0.3, 0.4) is 0 Å². The van der Waals surface area contributed by atoms with E-state index in [4.69, 9.17) is 22.7 Å². The highest BCUT2D eigenvalue weighted by molar-refractivity contribution is 7.80. The highest BCUT2D eigenvalue weighted by atomic mass is 32.1. The van der Waals surface area contributed by atoms with Crippen molar-refractivity contribution in [2.24, 2.45) is 5.73 Å². The molecule has 110 valence electrons. The van der Waals surface area contributed by atoms with Gasteiger partial charge in [0.05, 0.1) is 5.56 Å². The third-order valence-corrected chi connectivity index (χ3v) is 3.44. The molecular weight excluding hydrogens is 280 g/mol. The predicted molar refractivity (Wildman–Crippen MR) is 90.1 cm³/mol. The fraction of sp³-hybridized carbons (Fsp3) is 0.294. The van der Waals surface area contributed by atoms with Crippen molar-refractivity contribution in [3.05, 3.63) is 52.7 Å². The van der Waals surface area contributed by atoms with Gasteiger partial charge in [-0.2, -0.15) is 0 Å². The van der Waals surface area contributed by atoms with E-state index < -0.39 is 0 Å². The zero-order chi connectivity index (χ0) is 15.4. The molecule has 0 bridgehead atoms. The minimum absolute atomic E-state index is 0.303. The Kier molecular flexibility index (Phi) is 4.91. The molecule has 0 amide bonds. The first-order chi connectivity index (χ1) is 10.0. The normalized spacial score (nSPS) is 10.4. The zero-order valence-corrected chi connectivity index (χ0v) is 13.5. The van der Waals surface area contributed by atoms with Crippen LogP contribution in [0, 0.1) is 13.8 Å². The summed E-state index contributed by atoms with van der Waals surface area (Å²) in [5.41, 5.74) is 9.65. The third-order valence-electron chi connectivity index (χ3n) is 3.23. The van der Waals surface area contributed by atoms with E-state index in [0.29, 0.717) is 16.4 Å². The molecule has 2 rings (SSSR count). The smallest absolute Gasteiger partial charge is 0.229 e. The van der Waals surface area contributed by atoms with E-state index in [1.807, 2.05) is 32.0 Å². The molecule has 0 spiro atoms. The van der Waals surface area contributed by atoms with E-state index in [-0.39, 0.29) is 0 Å². The van der Waals surface area contributed by atoms with Crippen molar-refractivity contribution in [2.45, 2.75) is 33.6 Å². The Morgan fingerprint density at radius 2 is 1.90 bits per heavy atom. The van der Waals surface area contributed by atoms with Crippen LogP contribution in [0.5, 0.6) is 11.6 Å². The van der Waals surface area contributed by atoms with Gasteiger partial charge in [-0.25, -0.2) is 4.98 Å². The minimum atomic E-state index is 0.303. The molecule has 2 aromatic rings. The molecule has 3 nitrogen and oxygen atoms in total. The number of hydrogen-bond donors (Lipinski definition) is 1. The maximum Gasteiger partial charge on any atom is 0.229 e. The van der Waals surface area contributed by atoms with Crippen LogP contribution >= 0.6 is 12.2 Å². The number of thiocarbonyl (C=S) groups is 1. The minimum Gasteiger partial charge on any atom is -0.438 e. The summed E-state index contributed by atoms with van der Waals surface area (Å²) in [7, 11) is 0. The lowest BCUT2D eigenvalue weighted by atomic mass is 10.1. The SMILES string of the molecule is CCCc1ccc(Oc2nc(C)cc(C)c2C(N)=S)cc1. The number of aryl methyl sites for hydroxylation is 3. The first-order valence-corrected chi connectivity index (χ1v) is 7.47. The number of rotatable bonds is 5. The molecular formula is C17H20N2OS. The maximum atomic E-state index is 5.89. The summed E-state index contributed by atoms with van der Waals surface area (Å²) in [6, 6.07) is 10.00. The Hall–Kier alpha value is -1.94. The summed E-state index contributed by atoms with van der Waals surface area (Å²) in [5.74, 6) is 1.22. The summed E-state index contributed by atoms with van der Waals surface area (Å²) in [6.07, 6.45) is 2.20. The fourth-order valence-electron chi connectivity index (χ4n) is 2.30. The molecule has 0 saturated heterocycles. The van der Waals surface area contributed by atoms with Crippen molar-refractivity contribution in [3.63, 3.8) is 0 Å². The van der Waals surface area contributed by atoms with E-state index >= 15 is 0 Å². The van der Waals surface area contributed by atoms with E-state index in [2.05, 4.69) is 24.0 Å². The molecule has 0 aliphatic heterocycles. The monoisotopic (exact) mass is 300 g/mol. The zero-order valence-electron chi connectivity index (χ0n) is 12.6. The molecule has 0 unspecified atom stereocenters. The largest absolute Gasteiger partial charge is 0.438 e. The molecule has 0 aliphatic carbocycles. The Bertz CT molecular complexity index is 651. The first kappa shape index (κ1) is 15.4. The Labute approximate surface area is 131 Å². The predicted octanol–water partition coefficient (Wildman–Crippen LogP) is 4.08. The quantitative estimate of drug-likeness (QED) is 0.845. The van der Waals surface area contributed by atoms with Gasteiger partial charge in [0, 0.05) is 5.69 Å². The van der Waals surface area contributed by atoms with Crippen LogP contribution in [0.4, 0.5) is 0 Å². The lowest BCUT2D eigenvalue weighted by Crippen LogP contribution is -2.14. The van der Waals surface area contributed by atoms with Crippen molar-refractivity contribution in [1.29, 1.82) is 0 Å². The van der Waals surface area contributed by atoms with Crippen LogP contribution < -0.4 is 10.5 Å². The Morgan fingerprint density at radius 1 is 1.24 bits per heavy atom. The maximum absolute atomic E-state index is 5.89. The van der Waals surface area contributed by atoms with Crippen LogP contribution in [0.25, 0.3) is 0 Å². The molecule has 21 heavy (non-hydrogen) atoms. The van der Waals surface area contributed by atoms with Crippen molar-refractivity contribution in [2.75, 3.05) is 0 Å². The summed E-state index contributed by atoms with van der Waals surface area (Å²) >= 11 is 5.11. The summed E-state index contributed by atoms with van der Waals surface area (Å²) < 4.78 is 5.89. The number of hydrogen-bond acceptors (Lipinski definition) is 3. The number of nitrogens with zero attached hydrogens (tertiary/aromatic N) is 1. The van der Waals surface area contributed by atoms with Gasteiger partial charge in [-0.3, -0.25) is 0 Å². The highest BCUT2D eigenvalue weighted by Crippen LogP contribution is 2.26. The Balaban J connectivity index is 2.32. The second-order valence-corrected chi connectivity index (χ2v) is 5.56. The van der Waals surface area contributed by atoms with E-state index in [9.17, 15) is 0 Å². The number of ether oxygens (including phenoxy) is 1. The second kappa shape index (κ2) is 6.68.